The Labute approximate surface area is 294 Å². The number of quaternary nitrogens is 1. The van der Waals surface area contributed by atoms with E-state index in [1.54, 1.807) is 6.20 Å². The molecule has 8 nitrogen and oxygen atoms in total. The fourth-order valence-corrected chi connectivity index (χ4v) is 8.73. The summed E-state index contributed by atoms with van der Waals surface area (Å²) < 4.78 is 2.82. The Hall–Kier alpha value is -2.56. The summed E-state index contributed by atoms with van der Waals surface area (Å²) in [5.41, 5.74) is 2.28. The highest BCUT2D eigenvalue weighted by atomic mass is 35.5. The third-order valence-corrected chi connectivity index (χ3v) is 11.8. The summed E-state index contributed by atoms with van der Waals surface area (Å²) >= 11 is 14.5. The molecule has 2 aliphatic heterocycles. The van der Waals surface area contributed by atoms with Crippen molar-refractivity contribution in [3.63, 3.8) is 0 Å². The van der Waals surface area contributed by atoms with Crippen molar-refractivity contribution in [1.82, 2.24) is 24.7 Å². The van der Waals surface area contributed by atoms with Crippen LogP contribution in [0.3, 0.4) is 0 Å². The first-order chi connectivity index (χ1) is 22.6. The number of aromatic nitrogens is 2. The lowest BCUT2D eigenvalue weighted by Gasteiger charge is -2.56. The number of imidazole rings is 1. The molecule has 2 amide bonds. The van der Waals surface area contributed by atoms with E-state index in [0.29, 0.717) is 28.8 Å². The number of thioether (sulfide) groups is 1. The molecule has 0 saturated carbocycles. The number of nitrogens with zero attached hydrogens (tertiary/aromatic N) is 5. The van der Waals surface area contributed by atoms with Crippen molar-refractivity contribution in [2.24, 2.45) is 0 Å². The number of nitrogens with one attached hydrogen (secondary N) is 1. The zero-order valence-electron chi connectivity index (χ0n) is 28.2. The maximum Gasteiger partial charge on any atom is 0.283 e. The second-order valence-electron chi connectivity index (χ2n) is 13.4. The lowest BCUT2D eigenvalue weighted by atomic mass is 9.79. The highest BCUT2D eigenvalue weighted by Crippen LogP contribution is 2.40. The van der Waals surface area contributed by atoms with Gasteiger partial charge in [-0.1, -0.05) is 71.4 Å². The molecule has 3 heterocycles. The van der Waals surface area contributed by atoms with Gasteiger partial charge in [0, 0.05) is 66.0 Å². The molecular formula is C36H49Cl2N6O2S+. The largest absolute Gasteiger partial charge is 0.343 e. The first-order valence-electron chi connectivity index (χ1n) is 16.7. The molecule has 3 aromatic rings. The van der Waals surface area contributed by atoms with Crippen LogP contribution in [0.1, 0.15) is 66.1 Å². The number of likely N-dealkylation sites (N-methyl/N-ethyl adjacent to an activating group) is 2. The Kier molecular flexibility index (Phi) is 12.0. The average molecular weight is 701 g/mol. The fourth-order valence-electron chi connectivity index (χ4n) is 7.88. The number of halogens is 2. The molecule has 1 aromatic heterocycles. The van der Waals surface area contributed by atoms with E-state index in [2.05, 4.69) is 22.4 Å². The Bertz CT molecular complexity index is 1520. The number of carbonyl (C=O) groups is 2. The monoisotopic (exact) mass is 699 g/mol. The number of likely N-dealkylation sites (tertiary alicyclic amines) is 1. The average Bonchev–Trinajstić information content (AvgIpc) is 3.50. The van der Waals surface area contributed by atoms with Gasteiger partial charge in [-0.05, 0) is 48.8 Å². The van der Waals surface area contributed by atoms with E-state index in [0.717, 1.165) is 85.6 Å². The third-order valence-electron chi connectivity index (χ3n) is 10.4. The maximum absolute atomic E-state index is 14.2. The van der Waals surface area contributed by atoms with Crippen LogP contribution in [0, 0.1) is 0 Å². The van der Waals surface area contributed by atoms with Gasteiger partial charge in [-0.25, -0.2) is 4.98 Å². The molecule has 0 radical (unpaired) electrons. The van der Waals surface area contributed by atoms with Crippen molar-refractivity contribution in [3.05, 3.63) is 81.6 Å². The van der Waals surface area contributed by atoms with Crippen molar-refractivity contribution >= 4 is 46.8 Å². The number of piperidine rings is 2. The number of carbonyl (C=O) groups excluding carboxylic acids is 2. The van der Waals surface area contributed by atoms with Gasteiger partial charge in [0.15, 0.2) is 10.7 Å². The number of hydrogen-bond donors (Lipinski definition) is 1. The molecule has 1 atom stereocenters. The Morgan fingerprint density at radius 1 is 1.02 bits per heavy atom. The summed E-state index contributed by atoms with van der Waals surface area (Å²) in [7, 11) is 5.67. The molecule has 254 valence electrons. The minimum Gasteiger partial charge on any atom is -0.343 e. The van der Waals surface area contributed by atoms with Crippen molar-refractivity contribution in [2.75, 3.05) is 66.7 Å². The van der Waals surface area contributed by atoms with Crippen molar-refractivity contribution in [1.29, 1.82) is 0 Å². The Morgan fingerprint density at radius 2 is 1.72 bits per heavy atom. The minimum absolute atomic E-state index is 0.00520. The van der Waals surface area contributed by atoms with E-state index in [9.17, 15) is 9.59 Å². The van der Waals surface area contributed by atoms with Gasteiger partial charge in [-0.2, -0.15) is 0 Å². The van der Waals surface area contributed by atoms with Crippen molar-refractivity contribution in [3.8, 4) is 0 Å². The van der Waals surface area contributed by atoms with E-state index in [1.807, 2.05) is 78.2 Å². The first kappa shape index (κ1) is 35.7. The van der Waals surface area contributed by atoms with Gasteiger partial charge in [-0.3, -0.25) is 9.59 Å². The summed E-state index contributed by atoms with van der Waals surface area (Å²) in [6.45, 7) is 5.62. The van der Waals surface area contributed by atoms with Crippen LogP contribution in [0.25, 0.3) is 0 Å². The van der Waals surface area contributed by atoms with Crippen LogP contribution in [0.15, 0.2) is 59.9 Å². The molecule has 0 aliphatic carbocycles. The van der Waals surface area contributed by atoms with E-state index >= 15 is 0 Å². The number of amides is 2. The fraction of sp³-hybridized carbons (Fsp3) is 0.528. The highest BCUT2D eigenvalue weighted by molar-refractivity contribution is 7.98. The van der Waals surface area contributed by atoms with Crippen LogP contribution < -0.4 is 5.32 Å². The van der Waals surface area contributed by atoms with E-state index in [4.69, 9.17) is 23.2 Å². The molecule has 1 unspecified atom stereocenters. The summed E-state index contributed by atoms with van der Waals surface area (Å²) in [6, 6.07) is 16.0. The Balaban J connectivity index is 1.45. The second-order valence-corrected chi connectivity index (χ2v) is 15.0. The van der Waals surface area contributed by atoms with Crippen LogP contribution in [-0.2, 0) is 11.3 Å². The van der Waals surface area contributed by atoms with Crippen LogP contribution in [0.4, 0.5) is 0 Å². The summed E-state index contributed by atoms with van der Waals surface area (Å²) in [5.74, 6) is 0.170. The molecule has 5 rings (SSSR count). The summed E-state index contributed by atoms with van der Waals surface area (Å²) in [5, 5.41) is 5.34. The molecule has 0 bridgehead atoms. The van der Waals surface area contributed by atoms with E-state index < -0.39 is 5.54 Å². The number of rotatable bonds is 12. The molecule has 2 saturated heterocycles. The zero-order chi connectivity index (χ0) is 33.6. The zero-order valence-corrected chi connectivity index (χ0v) is 30.5. The van der Waals surface area contributed by atoms with Crippen LogP contribution >= 0.6 is 35.0 Å². The van der Waals surface area contributed by atoms with E-state index in [1.165, 1.54) is 18.2 Å². The van der Waals surface area contributed by atoms with Gasteiger partial charge < -0.3 is 24.2 Å². The summed E-state index contributed by atoms with van der Waals surface area (Å²) in [6.07, 6.45) is 9.61. The van der Waals surface area contributed by atoms with Gasteiger partial charge in [0.25, 0.3) is 11.8 Å². The third kappa shape index (κ3) is 7.70. The maximum atomic E-state index is 14.2. The van der Waals surface area contributed by atoms with Gasteiger partial charge in [0.05, 0.1) is 42.4 Å². The smallest absolute Gasteiger partial charge is 0.283 e. The van der Waals surface area contributed by atoms with Gasteiger partial charge in [0.1, 0.15) is 5.69 Å². The predicted molar refractivity (Wildman–Crippen MR) is 193 cm³/mol. The topological polar surface area (TPSA) is 70.5 Å². The minimum atomic E-state index is -0.447. The highest BCUT2D eigenvalue weighted by Gasteiger charge is 2.57. The van der Waals surface area contributed by atoms with Crippen LogP contribution in [0.2, 0.25) is 10.0 Å². The molecule has 47 heavy (non-hydrogen) atoms. The summed E-state index contributed by atoms with van der Waals surface area (Å²) in [4.78, 5) is 36.5. The quantitative estimate of drug-likeness (QED) is 0.175. The predicted octanol–water partition coefficient (Wildman–Crippen LogP) is 6.42. The van der Waals surface area contributed by atoms with Gasteiger partial charge in [-0.15, -0.1) is 0 Å². The normalized spacial score (nSPS) is 18.0. The SMILES string of the molecule is CSc1ncc(C(=O)N(C)CC(CC[N+]2(C3(C(=O)N(C)C)CCNCC3)CCCCC2)c2ccc(Cl)c(Cl)c2)n1Cc1ccccc1. The van der Waals surface area contributed by atoms with Crippen LogP contribution in [0.5, 0.6) is 0 Å². The number of hydrogen-bond acceptors (Lipinski definition) is 5. The number of benzene rings is 2. The standard InChI is InChI=1S/C36H49Cl2N6O2S/c1-41(2)34(46)36(16-18-39-19-17-36)44(20-9-6-10-21-44)22-15-29(28-13-14-30(37)31(38)23-28)26-42(3)33(45)32-24-40-35(47-4)43(32)25-27-11-7-5-8-12-27/h5,7-8,11-14,23-24,29,39H,6,9-10,15-22,25-26H2,1-4H3/q+1. The first-order valence-corrected chi connectivity index (χ1v) is 18.7. The van der Waals surface area contributed by atoms with Crippen LogP contribution in [-0.4, -0.2) is 108 Å². The molecule has 2 aliphatic rings. The molecule has 11 heteroatoms. The second kappa shape index (κ2) is 15.8. The lowest BCUT2D eigenvalue weighted by Crippen LogP contribution is -2.74. The van der Waals surface area contributed by atoms with Gasteiger partial charge in [0.2, 0.25) is 0 Å². The molecular weight excluding hydrogens is 651 g/mol. The Morgan fingerprint density at radius 3 is 2.36 bits per heavy atom. The lowest BCUT2D eigenvalue weighted by molar-refractivity contribution is -0.972. The van der Waals surface area contributed by atoms with Crippen molar-refractivity contribution in [2.45, 2.75) is 61.7 Å². The van der Waals surface area contributed by atoms with Crippen molar-refractivity contribution < 1.29 is 14.1 Å². The van der Waals surface area contributed by atoms with Gasteiger partial charge >= 0.3 is 0 Å². The molecule has 0 spiro atoms. The van der Waals surface area contributed by atoms with E-state index in [-0.39, 0.29) is 17.7 Å². The molecule has 1 N–H and O–H groups in total. The molecule has 2 fully saturated rings. The molecule has 2 aromatic carbocycles.